The summed E-state index contributed by atoms with van der Waals surface area (Å²) in [5.41, 5.74) is 4.88. The molecule has 2 aliphatic rings. The third-order valence-electron chi connectivity index (χ3n) is 6.41. The van der Waals surface area contributed by atoms with Crippen molar-refractivity contribution in [2.75, 3.05) is 24.3 Å². The molecule has 1 unspecified atom stereocenters. The van der Waals surface area contributed by atoms with Crippen molar-refractivity contribution in [1.29, 1.82) is 5.26 Å². The molecule has 180 valence electrons. The molecule has 4 heterocycles. The highest BCUT2D eigenvalue weighted by Gasteiger charge is 2.57. The monoisotopic (exact) mass is 489 g/mol. The number of amidine groups is 1. The number of nitriles is 1. The van der Waals surface area contributed by atoms with Gasteiger partial charge in [-0.1, -0.05) is 10.5 Å². The Morgan fingerprint density at radius 3 is 2.91 bits per heavy atom. The average Bonchev–Trinajstić information content (AvgIpc) is 2.81. The van der Waals surface area contributed by atoms with Crippen LogP contribution in [0.3, 0.4) is 0 Å². The summed E-state index contributed by atoms with van der Waals surface area (Å²) in [6.07, 6.45) is 2.61. The largest absolute Gasteiger partial charge is 0.386 e. The summed E-state index contributed by atoms with van der Waals surface area (Å²) in [5, 5.41) is 11.5. The van der Waals surface area contributed by atoms with Crippen LogP contribution in [-0.2, 0) is 5.54 Å². The molecule has 0 saturated carbocycles. The van der Waals surface area contributed by atoms with Crippen LogP contribution >= 0.6 is 10.5 Å². The number of amides is 1. The Morgan fingerprint density at radius 2 is 2.24 bits per heavy atom. The van der Waals surface area contributed by atoms with Gasteiger partial charge >= 0.3 is 0 Å². The first-order chi connectivity index (χ1) is 16.1. The molecule has 5 N–H and O–H groups in total. The SMILES string of the molecule is Cc1cc(C#N)cnc1C(=O)Nc1ccc(F)c([C@]2(CF)CS3(O)NCCC[C@@]3(C)C(N)=N2)n1. The van der Waals surface area contributed by atoms with Gasteiger partial charge in [0.15, 0.2) is 0 Å². The van der Waals surface area contributed by atoms with Gasteiger partial charge in [0.05, 0.1) is 10.3 Å². The Kier molecular flexibility index (Phi) is 6.05. The number of anilines is 1. The Labute approximate surface area is 197 Å². The predicted molar refractivity (Wildman–Crippen MR) is 126 cm³/mol. The number of nitrogens with two attached hydrogens (primary N) is 1. The quantitative estimate of drug-likeness (QED) is 0.516. The molecule has 3 atom stereocenters. The number of aromatic nitrogens is 2. The Hall–Kier alpha value is -3.14. The van der Waals surface area contributed by atoms with Crippen molar-refractivity contribution in [3.8, 4) is 6.07 Å². The molecule has 2 aliphatic heterocycles. The van der Waals surface area contributed by atoms with Crippen molar-refractivity contribution in [3.63, 3.8) is 0 Å². The van der Waals surface area contributed by atoms with Gasteiger partial charge in [-0.25, -0.2) is 18.7 Å². The normalized spacial score (nSPS) is 30.3. The molecule has 12 heteroatoms. The van der Waals surface area contributed by atoms with Crippen molar-refractivity contribution < 1.29 is 18.1 Å². The predicted octanol–water partition coefficient (Wildman–Crippen LogP) is 2.92. The van der Waals surface area contributed by atoms with Crippen LogP contribution in [0.15, 0.2) is 29.4 Å². The van der Waals surface area contributed by atoms with Crippen LogP contribution in [0.25, 0.3) is 0 Å². The molecule has 1 saturated heterocycles. The van der Waals surface area contributed by atoms with Crippen LogP contribution in [0.2, 0.25) is 0 Å². The van der Waals surface area contributed by atoms with Crippen molar-refractivity contribution in [2.24, 2.45) is 10.7 Å². The fraction of sp³-hybridized carbons (Fsp3) is 0.409. The number of fused-ring (bicyclic) bond motifs is 1. The van der Waals surface area contributed by atoms with Crippen molar-refractivity contribution in [3.05, 3.63) is 52.7 Å². The molecule has 0 spiro atoms. The summed E-state index contributed by atoms with van der Waals surface area (Å²) in [4.78, 5) is 25.3. The molecule has 2 aromatic heterocycles. The average molecular weight is 490 g/mol. The van der Waals surface area contributed by atoms with E-state index >= 15 is 0 Å². The second-order valence-electron chi connectivity index (χ2n) is 8.72. The smallest absolute Gasteiger partial charge is 0.275 e. The number of hydrogen-bond donors (Lipinski definition) is 4. The van der Waals surface area contributed by atoms with E-state index in [-0.39, 0.29) is 28.8 Å². The third-order valence-corrected chi connectivity index (χ3v) is 9.89. The molecule has 0 aromatic carbocycles. The molecule has 0 radical (unpaired) electrons. The van der Waals surface area contributed by atoms with Gasteiger partial charge in [0, 0.05) is 18.5 Å². The number of alkyl halides is 1. The van der Waals surface area contributed by atoms with E-state index in [9.17, 15) is 18.1 Å². The van der Waals surface area contributed by atoms with Crippen LogP contribution in [0.4, 0.5) is 14.6 Å². The van der Waals surface area contributed by atoms with Gasteiger partial charge in [0.2, 0.25) is 0 Å². The maximum absolute atomic E-state index is 15.0. The lowest BCUT2D eigenvalue weighted by molar-refractivity contribution is 0.102. The number of aliphatic imine (C=N–C) groups is 1. The molecule has 9 nitrogen and oxygen atoms in total. The van der Waals surface area contributed by atoms with Gasteiger partial charge in [-0.05, 0) is 50.5 Å². The number of halogens is 2. The number of aryl methyl sites for hydroxylation is 1. The molecule has 4 rings (SSSR count). The van der Waals surface area contributed by atoms with E-state index in [4.69, 9.17) is 11.0 Å². The number of nitrogens with one attached hydrogen (secondary N) is 2. The minimum Gasteiger partial charge on any atom is -0.386 e. The number of hydrogen-bond acceptors (Lipinski definition) is 8. The second-order valence-corrected chi connectivity index (χ2v) is 11.6. The van der Waals surface area contributed by atoms with E-state index in [1.54, 1.807) is 13.8 Å². The number of rotatable bonds is 4. The Bertz CT molecular complexity index is 1240. The lowest BCUT2D eigenvalue weighted by atomic mass is 9.95. The minimum absolute atomic E-state index is 0.0412. The van der Waals surface area contributed by atoms with Crippen LogP contribution in [0.1, 0.15) is 47.1 Å². The third kappa shape index (κ3) is 3.79. The summed E-state index contributed by atoms with van der Waals surface area (Å²) >= 11 is 0. The standard InChI is InChI=1S/C22H25F2N7O2S/c1-13-8-14(9-25)10-27-17(13)19(32)30-16-5-4-15(24)18(29-16)22(11-23)12-34(33)21(2,20(26)31-22)6-3-7-28-34/h4-5,8,10,28,33H,3,6-7,11-12H2,1-2H3,(H2,26,31)(H,29,30,32)/t21-,22-/m0/s1. The first-order valence-electron chi connectivity index (χ1n) is 10.6. The lowest BCUT2D eigenvalue weighted by Crippen LogP contribution is -2.61. The summed E-state index contributed by atoms with van der Waals surface area (Å²) < 4.78 is 43.3. The summed E-state index contributed by atoms with van der Waals surface area (Å²) in [5.74, 6) is -1.65. The molecule has 1 fully saturated rings. The van der Waals surface area contributed by atoms with Gasteiger partial charge in [-0.3, -0.25) is 14.5 Å². The number of carbonyl (C=O) groups is 1. The first kappa shape index (κ1) is 24.0. The number of nitrogens with zero attached hydrogens (tertiary/aromatic N) is 4. The zero-order chi connectivity index (χ0) is 24.7. The van der Waals surface area contributed by atoms with E-state index in [1.807, 2.05) is 6.07 Å². The van der Waals surface area contributed by atoms with Crippen molar-refractivity contribution in [2.45, 2.75) is 37.0 Å². The van der Waals surface area contributed by atoms with Gasteiger partial charge in [-0.15, -0.1) is 0 Å². The highest BCUT2D eigenvalue weighted by Crippen LogP contribution is 2.62. The molecular weight excluding hydrogens is 464 g/mol. The summed E-state index contributed by atoms with van der Waals surface area (Å²) in [6, 6.07) is 5.75. The van der Waals surface area contributed by atoms with E-state index in [1.165, 1.54) is 18.3 Å². The maximum atomic E-state index is 15.0. The minimum atomic E-state index is -2.68. The van der Waals surface area contributed by atoms with Gasteiger partial charge in [-0.2, -0.15) is 5.26 Å². The van der Waals surface area contributed by atoms with E-state index < -0.39 is 39.2 Å². The molecule has 0 bridgehead atoms. The van der Waals surface area contributed by atoms with Gasteiger partial charge in [0.1, 0.15) is 47.1 Å². The maximum Gasteiger partial charge on any atom is 0.275 e. The van der Waals surface area contributed by atoms with Crippen LogP contribution in [0.5, 0.6) is 0 Å². The fourth-order valence-electron chi connectivity index (χ4n) is 4.37. The summed E-state index contributed by atoms with van der Waals surface area (Å²) in [7, 11) is -2.68. The Balaban J connectivity index is 1.72. The molecule has 34 heavy (non-hydrogen) atoms. The second kappa shape index (κ2) is 8.57. The van der Waals surface area contributed by atoms with Gasteiger partial charge < -0.3 is 15.6 Å². The molecule has 2 aromatic rings. The number of pyridine rings is 2. The van der Waals surface area contributed by atoms with Crippen LogP contribution < -0.4 is 15.8 Å². The van der Waals surface area contributed by atoms with Crippen LogP contribution in [0, 0.1) is 24.1 Å². The lowest BCUT2D eigenvalue weighted by Gasteiger charge is -2.57. The van der Waals surface area contributed by atoms with E-state index in [0.29, 0.717) is 24.1 Å². The first-order valence-corrected chi connectivity index (χ1v) is 12.4. The Morgan fingerprint density at radius 1 is 1.47 bits per heavy atom. The fourth-order valence-corrected chi connectivity index (χ4v) is 7.44. The van der Waals surface area contributed by atoms with Crippen molar-refractivity contribution in [1.82, 2.24) is 14.7 Å². The highest BCUT2D eigenvalue weighted by atomic mass is 32.3. The molecule has 1 amide bonds. The zero-order valence-corrected chi connectivity index (χ0v) is 19.5. The topological polar surface area (TPSA) is 149 Å². The summed E-state index contributed by atoms with van der Waals surface area (Å²) in [6.45, 7) is 2.79. The van der Waals surface area contributed by atoms with Crippen LogP contribution in [-0.4, -0.2) is 50.0 Å². The number of carbonyl (C=O) groups excluding carboxylic acids is 1. The van der Waals surface area contributed by atoms with E-state index in [2.05, 4.69) is 25.0 Å². The van der Waals surface area contributed by atoms with Gasteiger partial charge in [0.25, 0.3) is 5.91 Å². The molecular formula is C22H25F2N7O2S. The van der Waals surface area contributed by atoms with E-state index in [0.717, 1.165) is 12.5 Å². The zero-order valence-electron chi connectivity index (χ0n) is 18.7. The highest BCUT2D eigenvalue weighted by molar-refractivity contribution is 8.29. The van der Waals surface area contributed by atoms with Crippen molar-refractivity contribution >= 4 is 28.1 Å². The molecule has 0 aliphatic carbocycles.